The lowest BCUT2D eigenvalue weighted by molar-refractivity contribution is -0.157. The van der Waals surface area contributed by atoms with E-state index in [4.69, 9.17) is 5.73 Å². The third kappa shape index (κ3) is 2.88. The molecule has 0 aliphatic heterocycles. The molecule has 170 valence electrons. The zero-order valence-corrected chi connectivity index (χ0v) is 18.6. The van der Waals surface area contributed by atoms with Crippen molar-refractivity contribution in [3.63, 3.8) is 0 Å². The van der Waals surface area contributed by atoms with Crippen molar-refractivity contribution in [2.75, 3.05) is 14.1 Å². The fraction of sp³-hybridized carbons (Fsp3) is 0.542. The number of amides is 1. The van der Waals surface area contributed by atoms with Gasteiger partial charge < -0.3 is 10.8 Å². The van der Waals surface area contributed by atoms with Crippen LogP contribution in [0.1, 0.15) is 47.7 Å². The van der Waals surface area contributed by atoms with Crippen LogP contribution in [0.4, 0.5) is 0 Å². The number of likely N-dealkylation sites (N-methyl/N-ethyl adjacent to an activating group) is 1. The molecule has 0 spiro atoms. The summed E-state index contributed by atoms with van der Waals surface area (Å²) in [7, 11) is 3.33. The molecule has 0 saturated heterocycles. The average molecular weight is 440 g/mol. The molecule has 7 atom stereocenters. The fourth-order valence-corrected chi connectivity index (χ4v) is 6.26. The number of phenolic OH excluding ortho intramolecular Hbond substituents is 1. The standard InChI is InChI=1S/C24H28N2O6/c1-5-10-6-7-11-9(2)12-8-13-16(21(29)15(12)20(28)14(11)19(10)27)22(30)17(24(25)32)23(31)18(13)26(3)4/h6-7,9,12-13,15-18,27H,5,8H2,1-4H3,(H2,25,32). The number of fused-ring (bicyclic) bond motifs is 3. The lowest BCUT2D eigenvalue weighted by Gasteiger charge is -2.50. The number of hydrogen-bond donors (Lipinski definition) is 2. The van der Waals surface area contributed by atoms with Gasteiger partial charge in [-0.3, -0.25) is 28.9 Å². The Hall–Kier alpha value is -2.87. The summed E-state index contributed by atoms with van der Waals surface area (Å²) in [4.78, 5) is 66.9. The minimum absolute atomic E-state index is 0.110. The number of Topliss-reactive ketones (excluding diaryl/α,β-unsaturated/α-hetero) is 4. The van der Waals surface area contributed by atoms with Crippen molar-refractivity contribution in [1.82, 2.24) is 4.90 Å². The van der Waals surface area contributed by atoms with Crippen LogP contribution in [-0.4, -0.2) is 59.2 Å². The molecule has 3 N–H and O–H groups in total. The smallest absolute Gasteiger partial charge is 0.235 e. The van der Waals surface area contributed by atoms with E-state index in [9.17, 15) is 29.1 Å². The number of hydrogen-bond acceptors (Lipinski definition) is 7. The molecule has 8 heteroatoms. The number of nitrogens with two attached hydrogens (primary N) is 1. The van der Waals surface area contributed by atoms with Crippen LogP contribution in [0, 0.1) is 29.6 Å². The number of aryl methyl sites for hydroxylation is 1. The second kappa shape index (κ2) is 7.62. The highest BCUT2D eigenvalue weighted by atomic mass is 16.3. The zero-order valence-electron chi connectivity index (χ0n) is 18.6. The van der Waals surface area contributed by atoms with Gasteiger partial charge in [-0.2, -0.15) is 0 Å². The van der Waals surface area contributed by atoms with E-state index in [2.05, 4.69) is 0 Å². The van der Waals surface area contributed by atoms with Crippen LogP contribution < -0.4 is 5.73 Å². The van der Waals surface area contributed by atoms with Gasteiger partial charge in [-0.15, -0.1) is 0 Å². The van der Waals surface area contributed by atoms with Gasteiger partial charge in [0.2, 0.25) is 5.91 Å². The van der Waals surface area contributed by atoms with Gasteiger partial charge in [0.15, 0.2) is 29.1 Å². The summed E-state index contributed by atoms with van der Waals surface area (Å²) in [6, 6.07) is 2.80. The highest BCUT2D eigenvalue weighted by Crippen LogP contribution is 2.53. The van der Waals surface area contributed by atoms with Gasteiger partial charge in [-0.25, -0.2) is 0 Å². The second-order valence-electron chi connectivity index (χ2n) is 9.51. The number of rotatable bonds is 3. The molecule has 4 rings (SSSR count). The number of ketones is 4. The van der Waals surface area contributed by atoms with E-state index in [1.807, 2.05) is 19.9 Å². The summed E-state index contributed by atoms with van der Waals surface area (Å²) in [5, 5.41) is 10.7. The quantitative estimate of drug-likeness (QED) is 0.666. The first-order chi connectivity index (χ1) is 15.0. The molecule has 0 aromatic heterocycles. The van der Waals surface area contributed by atoms with Crippen LogP contribution in [0.2, 0.25) is 0 Å². The molecule has 1 aromatic rings. The largest absolute Gasteiger partial charge is 0.507 e. The van der Waals surface area contributed by atoms with E-state index in [0.29, 0.717) is 24.0 Å². The highest BCUT2D eigenvalue weighted by molar-refractivity contribution is 6.28. The van der Waals surface area contributed by atoms with E-state index >= 15 is 0 Å². The molecule has 0 bridgehead atoms. The van der Waals surface area contributed by atoms with Crippen LogP contribution in [0.3, 0.4) is 0 Å². The van der Waals surface area contributed by atoms with Crippen molar-refractivity contribution in [2.24, 2.45) is 35.3 Å². The minimum atomic E-state index is -1.69. The van der Waals surface area contributed by atoms with Crippen molar-refractivity contribution in [2.45, 2.75) is 38.6 Å². The predicted molar refractivity (Wildman–Crippen MR) is 114 cm³/mol. The highest BCUT2D eigenvalue weighted by Gasteiger charge is 2.62. The van der Waals surface area contributed by atoms with Crippen molar-refractivity contribution >= 4 is 29.0 Å². The van der Waals surface area contributed by atoms with Crippen LogP contribution in [-0.2, 0) is 25.6 Å². The number of nitrogens with zero attached hydrogens (tertiary/aromatic N) is 1. The predicted octanol–water partition coefficient (Wildman–Crippen LogP) is 0.875. The topological polar surface area (TPSA) is 135 Å². The molecule has 1 amide bonds. The first-order valence-corrected chi connectivity index (χ1v) is 11.0. The van der Waals surface area contributed by atoms with Gasteiger partial charge in [0.1, 0.15) is 5.75 Å². The zero-order chi connectivity index (χ0) is 23.6. The lowest BCUT2D eigenvalue weighted by atomic mass is 9.52. The van der Waals surface area contributed by atoms with Crippen molar-refractivity contribution in [3.8, 4) is 5.75 Å². The summed E-state index contributed by atoms with van der Waals surface area (Å²) in [6.07, 6.45) is 0.842. The van der Waals surface area contributed by atoms with E-state index in [1.54, 1.807) is 25.1 Å². The number of phenols is 1. The molecular weight excluding hydrogens is 412 g/mol. The summed E-state index contributed by atoms with van der Waals surface area (Å²) in [5.41, 5.74) is 6.81. The van der Waals surface area contributed by atoms with Gasteiger partial charge >= 0.3 is 0 Å². The molecule has 3 aliphatic rings. The van der Waals surface area contributed by atoms with E-state index in [-0.39, 0.29) is 17.2 Å². The van der Waals surface area contributed by atoms with Crippen molar-refractivity contribution in [3.05, 3.63) is 28.8 Å². The van der Waals surface area contributed by atoms with E-state index in [0.717, 1.165) is 0 Å². The maximum Gasteiger partial charge on any atom is 0.235 e. The maximum absolute atomic E-state index is 13.7. The number of benzene rings is 1. The molecule has 3 aliphatic carbocycles. The third-order valence-electron chi connectivity index (χ3n) is 7.76. The maximum atomic E-state index is 13.7. The SMILES string of the molecule is CCc1ccc2c(c1O)C(=O)C1C(=O)C3C(=O)C(C(N)=O)C(=O)C(N(C)C)C3CC1C2C. The van der Waals surface area contributed by atoms with Gasteiger partial charge in [-0.1, -0.05) is 26.0 Å². The summed E-state index contributed by atoms with van der Waals surface area (Å²) >= 11 is 0. The van der Waals surface area contributed by atoms with Gasteiger partial charge in [-0.05, 0) is 55.8 Å². The summed E-state index contributed by atoms with van der Waals surface area (Å²) in [5.74, 6) is -8.89. The normalized spacial score (nSPS) is 34.2. The summed E-state index contributed by atoms with van der Waals surface area (Å²) < 4.78 is 0. The van der Waals surface area contributed by atoms with Crippen LogP contribution in [0.25, 0.3) is 0 Å². The minimum Gasteiger partial charge on any atom is -0.507 e. The Morgan fingerprint density at radius 3 is 2.28 bits per heavy atom. The molecule has 7 unspecified atom stereocenters. The van der Waals surface area contributed by atoms with E-state index < -0.39 is 64.7 Å². The van der Waals surface area contributed by atoms with Gasteiger partial charge in [0.25, 0.3) is 0 Å². The Balaban J connectivity index is 1.85. The lowest BCUT2D eigenvalue weighted by Crippen LogP contribution is -2.64. The Morgan fingerprint density at radius 1 is 1.06 bits per heavy atom. The van der Waals surface area contributed by atoms with Crippen LogP contribution >= 0.6 is 0 Å². The molecular formula is C24H28N2O6. The molecule has 8 nitrogen and oxygen atoms in total. The number of carbonyl (C=O) groups is 5. The monoisotopic (exact) mass is 440 g/mol. The number of primary amides is 1. The molecule has 1 aromatic carbocycles. The molecule has 0 heterocycles. The Morgan fingerprint density at radius 2 is 1.72 bits per heavy atom. The number of aromatic hydroxyl groups is 1. The average Bonchev–Trinajstić information content (AvgIpc) is 2.70. The molecule has 2 saturated carbocycles. The first-order valence-electron chi connectivity index (χ1n) is 11.0. The summed E-state index contributed by atoms with van der Waals surface area (Å²) in [6.45, 7) is 3.77. The van der Waals surface area contributed by atoms with Crippen molar-refractivity contribution in [1.29, 1.82) is 0 Å². The van der Waals surface area contributed by atoms with Crippen LogP contribution in [0.5, 0.6) is 5.75 Å². The number of carbonyl (C=O) groups excluding carboxylic acids is 5. The molecule has 0 radical (unpaired) electrons. The Labute approximate surface area is 186 Å². The van der Waals surface area contributed by atoms with Crippen LogP contribution in [0.15, 0.2) is 12.1 Å². The molecule has 2 fully saturated rings. The van der Waals surface area contributed by atoms with E-state index in [1.165, 1.54) is 0 Å². The first kappa shape index (κ1) is 22.3. The third-order valence-corrected chi connectivity index (χ3v) is 7.76. The molecule has 32 heavy (non-hydrogen) atoms. The Bertz CT molecular complexity index is 1060. The van der Waals surface area contributed by atoms with Gasteiger partial charge in [0.05, 0.1) is 23.4 Å². The Kier molecular flexibility index (Phi) is 5.32. The fourth-order valence-electron chi connectivity index (χ4n) is 6.26. The second-order valence-corrected chi connectivity index (χ2v) is 9.51. The van der Waals surface area contributed by atoms with Gasteiger partial charge in [0, 0.05) is 0 Å². The van der Waals surface area contributed by atoms with Crippen molar-refractivity contribution < 1.29 is 29.1 Å².